The number of anilines is 1. The molecule has 0 radical (unpaired) electrons. The van der Waals surface area contributed by atoms with Gasteiger partial charge in [0.2, 0.25) is 5.91 Å². The minimum absolute atomic E-state index is 0.0983. The number of piperidine rings is 1. The number of likely N-dealkylation sites (tertiary alicyclic amines) is 1. The van der Waals surface area contributed by atoms with E-state index < -0.39 is 0 Å². The third-order valence-corrected chi connectivity index (χ3v) is 6.71. The Balaban J connectivity index is 1.38. The van der Waals surface area contributed by atoms with Crippen LogP contribution in [0.3, 0.4) is 0 Å². The van der Waals surface area contributed by atoms with Crippen molar-refractivity contribution in [3.63, 3.8) is 0 Å². The van der Waals surface area contributed by atoms with E-state index in [9.17, 15) is 4.79 Å². The molecule has 1 fully saturated rings. The van der Waals surface area contributed by atoms with Crippen LogP contribution >= 0.6 is 34.9 Å². The minimum atomic E-state index is -0.164. The fraction of sp³-hybridized carbons (Fsp3) is 0.444. The van der Waals surface area contributed by atoms with Gasteiger partial charge in [-0.1, -0.05) is 13.0 Å². The van der Waals surface area contributed by atoms with Crippen molar-refractivity contribution in [3.8, 4) is 10.7 Å². The van der Waals surface area contributed by atoms with E-state index in [1.807, 2.05) is 22.9 Å². The summed E-state index contributed by atoms with van der Waals surface area (Å²) in [6, 6.07) is 3.90. The Labute approximate surface area is 176 Å². The number of carbonyl (C=O) groups is 1. The van der Waals surface area contributed by atoms with Crippen LogP contribution in [0.15, 0.2) is 22.9 Å². The molecule has 4 rings (SSSR count). The van der Waals surface area contributed by atoms with Crippen molar-refractivity contribution in [2.75, 3.05) is 18.4 Å². The molecule has 3 aromatic heterocycles. The number of hydrogen-bond acceptors (Lipinski definition) is 7. The molecule has 1 atom stereocenters. The normalized spacial score (nSPS) is 17.7. The standard InChI is InChI=1S/C18H22N6OS3/c1-12-4-2-6-23(8-12)9-13-11-28-17(19-13)20-15(25)10-24-16(21-22-18(24)26)14-5-3-7-27-14/h3,5,7,11-12H,2,4,6,8-10H2,1H3,(H,22,26)(H,19,20,25). The van der Waals surface area contributed by atoms with Gasteiger partial charge in [0.15, 0.2) is 15.7 Å². The molecule has 0 bridgehead atoms. The zero-order valence-corrected chi connectivity index (χ0v) is 18.0. The molecule has 1 aliphatic heterocycles. The molecule has 3 aromatic rings. The number of thiazole rings is 1. The summed E-state index contributed by atoms with van der Waals surface area (Å²) in [5.41, 5.74) is 1.01. The molecule has 28 heavy (non-hydrogen) atoms. The fourth-order valence-electron chi connectivity index (χ4n) is 3.46. The molecule has 148 valence electrons. The predicted octanol–water partition coefficient (Wildman–Crippen LogP) is 4.00. The average Bonchev–Trinajstić information content (AvgIpc) is 3.39. The Bertz CT molecular complexity index is 989. The van der Waals surface area contributed by atoms with Crippen LogP contribution in [0.2, 0.25) is 0 Å². The Morgan fingerprint density at radius 1 is 1.46 bits per heavy atom. The van der Waals surface area contributed by atoms with E-state index in [0.717, 1.165) is 36.1 Å². The number of aromatic nitrogens is 4. The van der Waals surface area contributed by atoms with E-state index in [-0.39, 0.29) is 12.5 Å². The summed E-state index contributed by atoms with van der Waals surface area (Å²) in [5.74, 6) is 1.25. The van der Waals surface area contributed by atoms with Crippen LogP contribution in [0.1, 0.15) is 25.5 Å². The second-order valence-corrected chi connectivity index (χ2v) is 9.28. The lowest BCUT2D eigenvalue weighted by atomic mass is 10.0. The molecule has 1 amide bonds. The third kappa shape index (κ3) is 4.57. The summed E-state index contributed by atoms with van der Waals surface area (Å²) in [7, 11) is 0. The Hall–Kier alpha value is -1.88. The Morgan fingerprint density at radius 2 is 2.36 bits per heavy atom. The van der Waals surface area contributed by atoms with Crippen LogP contribution in [0.4, 0.5) is 5.13 Å². The first-order valence-electron chi connectivity index (χ1n) is 9.24. The SMILES string of the molecule is CC1CCCN(Cc2csc(NC(=O)Cn3c(-c4cccs4)n[nH]c3=S)n2)C1. The van der Waals surface area contributed by atoms with Gasteiger partial charge in [-0.3, -0.25) is 19.4 Å². The molecule has 0 aliphatic carbocycles. The first-order chi connectivity index (χ1) is 13.6. The van der Waals surface area contributed by atoms with E-state index in [1.165, 1.54) is 24.2 Å². The maximum absolute atomic E-state index is 12.5. The van der Waals surface area contributed by atoms with Gasteiger partial charge in [0.05, 0.1) is 10.6 Å². The van der Waals surface area contributed by atoms with Gasteiger partial charge in [0, 0.05) is 18.5 Å². The van der Waals surface area contributed by atoms with Crippen molar-refractivity contribution in [2.45, 2.75) is 32.9 Å². The quantitative estimate of drug-likeness (QED) is 0.574. The average molecular weight is 435 g/mol. The minimum Gasteiger partial charge on any atom is -0.300 e. The Kier molecular flexibility index (Phi) is 6.00. The van der Waals surface area contributed by atoms with E-state index in [4.69, 9.17) is 12.2 Å². The van der Waals surface area contributed by atoms with Gasteiger partial charge in [0.1, 0.15) is 6.54 Å². The van der Waals surface area contributed by atoms with Crippen LogP contribution in [-0.4, -0.2) is 43.6 Å². The van der Waals surface area contributed by atoms with E-state index in [1.54, 1.807) is 15.9 Å². The van der Waals surface area contributed by atoms with Gasteiger partial charge >= 0.3 is 0 Å². The molecular weight excluding hydrogens is 412 g/mol. The number of nitrogens with zero attached hydrogens (tertiary/aromatic N) is 4. The lowest BCUT2D eigenvalue weighted by molar-refractivity contribution is -0.116. The van der Waals surface area contributed by atoms with Crippen LogP contribution in [0.25, 0.3) is 10.7 Å². The highest BCUT2D eigenvalue weighted by atomic mass is 32.1. The van der Waals surface area contributed by atoms with Gasteiger partial charge in [-0.15, -0.1) is 22.7 Å². The summed E-state index contributed by atoms with van der Waals surface area (Å²) in [6.45, 7) is 5.47. The highest BCUT2D eigenvalue weighted by Crippen LogP contribution is 2.23. The molecule has 4 heterocycles. The zero-order chi connectivity index (χ0) is 19.5. The molecule has 0 saturated carbocycles. The summed E-state index contributed by atoms with van der Waals surface area (Å²) in [4.78, 5) is 20.5. The van der Waals surface area contributed by atoms with Crippen molar-refractivity contribution < 1.29 is 4.79 Å². The second kappa shape index (κ2) is 8.64. The van der Waals surface area contributed by atoms with Crippen molar-refractivity contribution >= 4 is 45.9 Å². The summed E-state index contributed by atoms with van der Waals surface area (Å²) >= 11 is 8.30. The first kappa shape index (κ1) is 19.4. The largest absolute Gasteiger partial charge is 0.300 e. The molecular formula is C18H22N6OS3. The number of carbonyl (C=O) groups excluding carboxylic acids is 1. The topological polar surface area (TPSA) is 78.8 Å². The number of nitrogens with one attached hydrogen (secondary N) is 2. The lowest BCUT2D eigenvalue weighted by Crippen LogP contribution is -2.33. The van der Waals surface area contributed by atoms with Crippen LogP contribution in [0, 0.1) is 10.7 Å². The monoisotopic (exact) mass is 434 g/mol. The smallest absolute Gasteiger partial charge is 0.246 e. The van der Waals surface area contributed by atoms with Gasteiger partial charge in [-0.25, -0.2) is 4.98 Å². The third-order valence-electron chi connectivity index (χ3n) is 4.73. The van der Waals surface area contributed by atoms with E-state index in [0.29, 0.717) is 15.7 Å². The molecule has 10 heteroatoms. The molecule has 7 nitrogen and oxygen atoms in total. The lowest BCUT2D eigenvalue weighted by Gasteiger charge is -2.30. The molecule has 0 aromatic carbocycles. The van der Waals surface area contributed by atoms with Crippen molar-refractivity contribution in [2.24, 2.45) is 5.92 Å². The van der Waals surface area contributed by atoms with Crippen LogP contribution in [-0.2, 0) is 17.9 Å². The summed E-state index contributed by atoms with van der Waals surface area (Å²) < 4.78 is 2.14. The highest BCUT2D eigenvalue weighted by molar-refractivity contribution is 7.71. The van der Waals surface area contributed by atoms with E-state index >= 15 is 0 Å². The number of hydrogen-bond donors (Lipinski definition) is 2. The summed E-state index contributed by atoms with van der Waals surface area (Å²) in [6.07, 6.45) is 2.55. The van der Waals surface area contributed by atoms with Crippen LogP contribution in [0.5, 0.6) is 0 Å². The summed E-state index contributed by atoms with van der Waals surface area (Å²) in [5, 5.41) is 14.5. The molecule has 1 unspecified atom stereocenters. The zero-order valence-electron chi connectivity index (χ0n) is 15.6. The Morgan fingerprint density at radius 3 is 3.14 bits per heavy atom. The maximum Gasteiger partial charge on any atom is 0.246 e. The molecule has 2 N–H and O–H groups in total. The predicted molar refractivity (Wildman–Crippen MR) is 115 cm³/mol. The highest BCUT2D eigenvalue weighted by Gasteiger charge is 2.18. The van der Waals surface area contributed by atoms with Gasteiger partial charge < -0.3 is 5.32 Å². The van der Waals surface area contributed by atoms with Gasteiger partial charge in [0.25, 0.3) is 0 Å². The maximum atomic E-state index is 12.5. The van der Waals surface area contributed by atoms with Crippen LogP contribution < -0.4 is 5.32 Å². The van der Waals surface area contributed by atoms with Crippen molar-refractivity contribution in [3.05, 3.63) is 33.4 Å². The van der Waals surface area contributed by atoms with Crippen molar-refractivity contribution in [1.82, 2.24) is 24.6 Å². The number of amides is 1. The number of rotatable bonds is 6. The fourth-order valence-corrected chi connectivity index (χ4v) is 5.09. The first-order valence-corrected chi connectivity index (χ1v) is 11.4. The van der Waals surface area contributed by atoms with Crippen molar-refractivity contribution in [1.29, 1.82) is 0 Å². The van der Waals surface area contributed by atoms with Gasteiger partial charge in [-0.2, -0.15) is 5.10 Å². The molecule has 1 saturated heterocycles. The van der Waals surface area contributed by atoms with Gasteiger partial charge in [-0.05, 0) is 49.0 Å². The number of thiophene rings is 1. The number of aromatic amines is 1. The van der Waals surface area contributed by atoms with E-state index in [2.05, 4.69) is 32.3 Å². The molecule has 1 aliphatic rings. The second-order valence-electron chi connectivity index (χ2n) is 7.09. The molecule has 0 spiro atoms. The number of H-pyrrole nitrogens is 1.